The first-order valence-corrected chi connectivity index (χ1v) is 6.55. The molecule has 0 aliphatic rings. The number of carboxylic acid groups (broad SMARTS) is 1. The molecule has 6 heteroatoms. The van der Waals surface area contributed by atoms with E-state index >= 15 is 0 Å². The van der Waals surface area contributed by atoms with Crippen molar-refractivity contribution < 1.29 is 19.4 Å². The number of carbonyl (C=O) groups excluding carboxylic acids is 1. The van der Waals surface area contributed by atoms with E-state index in [1.807, 2.05) is 24.3 Å². The van der Waals surface area contributed by atoms with Crippen molar-refractivity contribution in [1.29, 1.82) is 0 Å². The van der Waals surface area contributed by atoms with Crippen LogP contribution in [0.25, 0.3) is 0 Å². The molecule has 0 radical (unpaired) electrons. The molecule has 1 amide bonds. The maximum absolute atomic E-state index is 12.1. The van der Waals surface area contributed by atoms with Crippen molar-refractivity contribution in [2.24, 2.45) is 0 Å². The highest BCUT2D eigenvalue weighted by Gasteiger charge is 2.17. The van der Waals surface area contributed by atoms with Crippen LogP contribution in [0.1, 0.15) is 5.56 Å². The van der Waals surface area contributed by atoms with Crippen molar-refractivity contribution in [3.8, 4) is 0 Å². The molecule has 0 aliphatic heterocycles. The molecule has 19 heavy (non-hydrogen) atoms. The molecule has 0 heterocycles. The Labute approximate surface area is 120 Å². The number of hydrogen-bond donors (Lipinski definition) is 1. The van der Waals surface area contributed by atoms with Gasteiger partial charge in [0.2, 0.25) is 5.91 Å². The van der Waals surface area contributed by atoms with Crippen LogP contribution in [0.4, 0.5) is 0 Å². The predicted molar refractivity (Wildman–Crippen MR) is 73.9 cm³/mol. The molecular formula is C13H16BrNO4. The van der Waals surface area contributed by atoms with E-state index in [1.165, 1.54) is 12.0 Å². The number of rotatable bonds is 7. The summed E-state index contributed by atoms with van der Waals surface area (Å²) in [6, 6.07) is 7.37. The van der Waals surface area contributed by atoms with Gasteiger partial charge in [0.1, 0.15) is 6.54 Å². The van der Waals surface area contributed by atoms with Crippen molar-refractivity contribution in [2.45, 2.75) is 6.42 Å². The molecular weight excluding hydrogens is 314 g/mol. The van der Waals surface area contributed by atoms with E-state index in [-0.39, 0.29) is 25.4 Å². The fourth-order valence-corrected chi connectivity index (χ4v) is 2.00. The average Bonchev–Trinajstić information content (AvgIpc) is 2.36. The zero-order valence-corrected chi connectivity index (χ0v) is 12.2. The highest BCUT2D eigenvalue weighted by Crippen LogP contribution is 2.17. The number of nitrogens with zero attached hydrogens (tertiary/aromatic N) is 1. The first kappa shape index (κ1) is 15.7. The SMILES string of the molecule is COCCN(CC(=O)O)C(=O)Cc1ccccc1Br. The van der Waals surface area contributed by atoms with E-state index in [9.17, 15) is 9.59 Å². The fraction of sp³-hybridized carbons (Fsp3) is 0.385. The second kappa shape index (κ2) is 7.91. The molecule has 0 bridgehead atoms. The molecule has 0 saturated heterocycles. The third-order valence-electron chi connectivity index (χ3n) is 2.54. The van der Waals surface area contributed by atoms with Gasteiger partial charge >= 0.3 is 5.97 Å². The van der Waals surface area contributed by atoms with Crippen molar-refractivity contribution in [3.05, 3.63) is 34.3 Å². The maximum Gasteiger partial charge on any atom is 0.323 e. The molecule has 0 spiro atoms. The summed E-state index contributed by atoms with van der Waals surface area (Å²) < 4.78 is 5.72. The summed E-state index contributed by atoms with van der Waals surface area (Å²) in [7, 11) is 1.51. The number of halogens is 1. The van der Waals surface area contributed by atoms with Crippen LogP contribution in [-0.4, -0.2) is 48.7 Å². The van der Waals surface area contributed by atoms with Crippen LogP contribution in [-0.2, 0) is 20.7 Å². The van der Waals surface area contributed by atoms with Crippen molar-refractivity contribution in [3.63, 3.8) is 0 Å². The highest BCUT2D eigenvalue weighted by atomic mass is 79.9. The molecule has 1 aromatic carbocycles. The Kier molecular flexibility index (Phi) is 6.52. The van der Waals surface area contributed by atoms with Gasteiger partial charge in [0.25, 0.3) is 0 Å². The molecule has 1 rings (SSSR count). The lowest BCUT2D eigenvalue weighted by Crippen LogP contribution is -2.38. The van der Waals surface area contributed by atoms with Crippen molar-refractivity contribution in [2.75, 3.05) is 26.8 Å². The maximum atomic E-state index is 12.1. The smallest absolute Gasteiger partial charge is 0.323 e. The molecule has 0 unspecified atom stereocenters. The minimum absolute atomic E-state index is 0.165. The monoisotopic (exact) mass is 329 g/mol. The molecule has 5 nitrogen and oxygen atoms in total. The molecule has 1 aromatic rings. The van der Waals surface area contributed by atoms with E-state index in [2.05, 4.69) is 15.9 Å². The molecule has 0 aliphatic carbocycles. The lowest BCUT2D eigenvalue weighted by molar-refractivity contribution is -0.144. The van der Waals surface area contributed by atoms with Gasteiger partial charge in [0.15, 0.2) is 0 Å². The van der Waals surface area contributed by atoms with Crippen LogP contribution in [0, 0.1) is 0 Å². The van der Waals surface area contributed by atoms with Crippen LogP contribution < -0.4 is 0 Å². The first-order valence-electron chi connectivity index (χ1n) is 5.76. The van der Waals surface area contributed by atoms with Gasteiger partial charge in [-0.2, -0.15) is 0 Å². The van der Waals surface area contributed by atoms with Crippen LogP contribution in [0.2, 0.25) is 0 Å². The van der Waals surface area contributed by atoms with Crippen LogP contribution in [0.15, 0.2) is 28.7 Å². The summed E-state index contributed by atoms with van der Waals surface area (Å²) in [5, 5.41) is 8.81. The van der Waals surface area contributed by atoms with Crippen LogP contribution in [0.5, 0.6) is 0 Å². The predicted octanol–water partition coefficient (Wildman–Crippen LogP) is 1.55. The summed E-state index contributed by atoms with van der Waals surface area (Å²) in [4.78, 5) is 24.1. The quantitative estimate of drug-likeness (QED) is 0.824. The number of ether oxygens (including phenoxy) is 1. The van der Waals surface area contributed by atoms with E-state index in [0.717, 1.165) is 10.0 Å². The third kappa shape index (κ3) is 5.40. The Morgan fingerprint density at radius 1 is 1.37 bits per heavy atom. The van der Waals surface area contributed by atoms with Gasteiger partial charge in [-0.25, -0.2) is 0 Å². The molecule has 104 valence electrons. The van der Waals surface area contributed by atoms with Gasteiger partial charge < -0.3 is 14.7 Å². The number of carboxylic acids is 1. The zero-order chi connectivity index (χ0) is 14.3. The minimum Gasteiger partial charge on any atom is -0.480 e. The Hall–Kier alpha value is -1.40. The zero-order valence-electron chi connectivity index (χ0n) is 10.6. The van der Waals surface area contributed by atoms with E-state index < -0.39 is 5.97 Å². The Balaban J connectivity index is 2.70. The Morgan fingerprint density at radius 3 is 2.63 bits per heavy atom. The van der Waals surface area contributed by atoms with E-state index in [0.29, 0.717) is 6.61 Å². The number of amides is 1. The highest BCUT2D eigenvalue weighted by molar-refractivity contribution is 9.10. The molecule has 0 saturated carbocycles. The van der Waals surface area contributed by atoms with Gasteiger partial charge in [-0.1, -0.05) is 34.1 Å². The lowest BCUT2D eigenvalue weighted by atomic mass is 10.1. The lowest BCUT2D eigenvalue weighted by Gasteiger charge is -2.20. The number of methoxy groups -OCH3 is 1. The van der Waals surface area contributed by atoms with Gasteiger partial charge in [0.05, 0.1) is 13.0 Å². The standard InChI is InChI=1S/C13H16BrNO4/c1-19-7-6-15(9-13(17)18)12(16)8-10-4-2-3-5-11(10)14/h2-5H,6-9H2,1H3,(H,17,18). The molecule has 0 atom stereocenters. The summed E-state index contributed by atoms with van der Waals surface area (Å²) in [6.07, 6.45) is 0.165. The normalized spacial score (nSPS) is 10.2. The second-order valence-corrected chi connectivity index (χ2v) is 4.82. The second-order valence-electron chi connectivity index (χ2n) is 3.97. The van der Waals surface area contributed by atoms with E-state index in [4.69, 9.17) is 9.84 Å². The third-order valence-corrected chi connectivity index (χ3v) is 3.32. The van der Waals surface area contributed by atoms with Crippen LogP contribution >= 0.6 is 15.9 Å². The summed E-state index contributed by atoms with van der Waals surface area (Å²) >= 11 is 3.37. The van der Waals surface area contributed by atoms with Gasteiger partial charge in [-0.05, 0) is 11.6 Å². The summed E-state index contributed by atoms with van der Waals surface area (Å²) in [5.41, 5.74) is 0.834. The van der Waals surface area contributed by atoms with Crippen molar-refractivity contribution in [1.82, 2.24) is 4.90 Å². The first-order chi connectivity index (χ1) is 9.04. The average molecular weight is 330 g/mol. The summed E-state index contributed by atoms with van der Waals surface area (Å²) in [5.74, 6) is -1.26. The topological polar surface area (TPSA) is 66.8 Å². The molecule has 1 N–H and O–H groups in total. The number of benzene rings is 1. The Bertz CT molecular complexity index is 450. The largest absolute Gasteiger partial charge is 0.480 e. The molecule has 0 fully saturated rings. The number of carbonyl (C=O) groups is 2. The minimum atomic E-state index is -1.03. The number of hydrogen-bond acceptors (Lipinski definition) is 3. The fourth-order valence-electron chi connectivity index (χ4n) is 1.57. The van der Waals surface area contributed by atoms with Crippen molar-refractivity contribution >= 4 is 27.8 Å². The van der Waals surface area contributed by atoms with Gasteiger partial charge in [-0.3, -0.25) is 9.59 Å². The van der Waals surface area contributed by atoms with Gasteiger partial charge in [-0.15, -0.1) is 0 Å². The van der Waals surface area contributed by atoms with Gasteiger partial charge in [0, 0.05) is 18.1 Å². The summed E-state index contributed by atoms with van der Waals surface area (Å²) in [6.45, 7) is 0.272. The van der Waals surface area contributed by atoms with Crippen LogP contribution in [0.3, 0.4) is 0 Å². The molecule has 0 aromatic heterocycles. The van der Waals surface area contributed by atoms with E-state index in [1.54, 1.807) is 0 Å². The number of aliphatic carboxylic acids is 1. The Morgan fingerprint density at radius 2 is 2.05 bits per heavy atom.